The van der Waals surface area contributed by atoms with E-state index in [-0.39, 0.29) is 6.10 Å². The average molecular weight is 501 g/mol. The van der Waals surface area contributed by atoms with Gasteiger partial charge in [-0.15, -0.1) is 5.10 Å². The van der Waals surface area contributed by atoms with Crippen LogP contribution in [-0.4, -0.2) is 71.1 Å². The number of aryl methyl sites for hydroxylation is 2. The lowest BCUT2D eigenvalue weighted by Crippen LogP contribution is -2.60. The lowest BCUT2D eigenvalue weighted by atomic mass is 9.61. The molecule has 1 aromatic carbocycles. The fraction of sp³-hybridized carbons (Fsp3) is 0.462. The van der Waals surface area contributed by atoms with E-state index >= 15 is 0 Å². The van der Waals surface area contributed by atoms with E-state index in [0.717, 1.165) is 33.8 Å². The number of nitrogens with one attached hydrogen (secondary N) is 1. The van der Waals surface area contributed by atoms with E-state index in [1.54, 1.807) is 11.0 Å². The molecule has 1 atom stereocenters. The third-order valence-corrected chi connectivity index (χ3v) is 7.42. The summed E-state index contributed by atoms with van der Waals surface area (Å²) in [5.41, 5.74) is 5.39. The van der Waals surface area contributed by atoms with Crippen LogP contribution in [0.3, 0.4) is 0 Å². The number of nitrogens with zero attached hydrogens (tertiary/aromatic N) is 9. The van der Waals surface area contributed by atoms with Gasteiger partial charge in [0.05, 0.1) is 24.0 Å². The minimum absolute atomic E-state index is 0.0926. The van der Waals surface area contributed by atoms with Gasteiger partial charge in [-0.3, -0.25) is 4.68 Å². The van der Waals surface area contributed by atoms with Gasteiger partial charge in [0.1, 0.15) is 18.2 Å². The number of hydrogen-bond acceptors (Lipinski definition) is 9. The molecule has 4 aromatic rings. The first-order valence-electron chi connectivity index (χ1n) is 12.7. The molecule has 1 spiro atoms. The second-order valence-corrected chi connectivity index (χ2v) is 10.7. The van der Waals surface area contributed by atoms with Crippen LogP contribution in [0.4, 0.5) is 11.6 Å². The minimum atomic E-state index is -0.0926. The van der Waals surface area contributed by atoms with Gasteiger partial charge in [0.25, 0.3) is 0 Å². The number of tetrazole rings is 1. The van der Waals surface area contributed by atoms with Gasteiger partial charge in [-0.25, -0.2) is 14.6 Å². The molecule has 1 N–H and O–H groups in total. The first-order chi connectivity index (χ1) is 17.9. The molecule has 2 fully saturated rings. The van der Waals surface area contributed by atoms with Crippen molar-refractivity contribution in [1.29, 1.82) is 0 Å². The van der Waals surface area contributed by atoms with Crippen LogP contribution in [0.2, 0.25) is 0 Å². The van der Waals surface area contributed by atoms with Crippen molar-refractivity contribution in [2.75, 3.05) is 25.5 Å². The molecule has 37 heavy (non-hydrogen) atoms. The van der Waals surface area contributed by atoms with Gasteiger partial charge in [-0.1, -0.05) is 12.1 Å². The predicted octanol–water partition coefficient (Wildman–Crippen LogP) is 3.42. The molecule has 1 aliphatic heterocycles. The number of benzene rings is 1. The van der Waals surface area contributed by atoms with Gasteiger partial charge in [0.2, 0.25) is 5.95 Å². The lowest BCUT2D eigenvalue weighted by Gasteiger charge is -2.58. The van der Waals surface area contributed by atoms with E-state index in [0.29, 0.717) is 23.9 Å². The van der Waals surface area contributed by atoms with Crippen LogP contribution in [0.25, 0.3) is 11.1 Å². The van der Waals surface area contributed by atoms with Crippen molar-refractivity contribution in [3.05, 3.63) is 54.4 Å². The molecule has 6 rings (SSSR count). The standard InChI is InChI=1S/C26H32N10O/c1-17-5-6-20(7-24(17)37-18(2)12-35-16-29-32-33-35)21-10-27-25(28-11-21)30-23-13-36(31-19(23)3)22-8-26(9-22)14-34(4)15-26/h5-7,10-11,13,16,18,22H,8-9,12,14-15H2,1-4H3,(H,27,28,30)/t18-/m0/s1. The van der Waals surface area contributed by atoms with E-state index in [9.17, 15) is 0 Å². The zero-order valence-corrected chi connectivity index (χ0v) is 21.7. The minimum Gasteiger partial charge on any atom is -0.488 e. The van der Waals surface area contributed by atoms with Crippen molar-refractivity contribution in [3.63, 3.8) is 0 Å². The van der Waals surface area contributed by atoms with Crippen molar-refractivity contribution < 1.29 is 4.74 Å². The van der Waals surface area contributed by atoms with Crippen LogP contribution < -0.4 is 10.1 Å². The fourth-order valence-corrected chi connectivity index (χ4v) is 5.63. The fourth-order valence-electron chi connectivity index (χ4n) is 5.63. The van der Waals surface area contributed by atoms with Gasteiger partial charge < -0.3 is 15.0 Å². The van der Waals surface area contributed by atoms with Gasteiger partial charge >= 0.3 is 0 Å². The smallest absolute Gasteiger partial charge is 0.227 e. The summed E-state index contributed by atoms with van der Waals surface area (Å²) < 4.78 is 9.95. The maximum Gasteiger partial charge on any atom is 0.227 e. The molecule has 11 nitrogen and oxygen atoms in total. The quantitative estimate of drug-likeness (QED) is 0.389. The second kappa shape index (κ2) is 9.22. The van der Waals surface area contributed by atoms with Crippen LogP contribution in [0.15, 0.2) is 43.1 Å². The van der Waals surface area contributed by atoms with Crippen LogP contribution in [0.1, 0.15) is 37.1 Å². The maximum atomic E-state index is 6.18. The van der Waals surface area contributed by atoms with Gasteiger partial charge in [-0.2, -0.15) is 5.10 Å². The molecule has 11 heteroatoms. The molecular weight excluding hydrogens is 468 g/mol. The third-order valence-electron chi connectivity index (χ3n) is 7.42. The predicted molar refractivity (Wildman–Crippen MR) is 139 cm³/mol. The van der Waals surface area contributed by atoms with E-state index in [2.05, 4.69) is 59.7 Å². The summed E-state index contributed by atoms with van der Waals surface area (Å²) >= 11 is 0. The second-order valence-electron chi connectivity index (χ2n) is 10.7. The SMILES string of the molecule is Cc1ccc(-c2cnc(Nc3cn(C4CC5(C4)CN(C)C5)nc3C)nc2)cc1O[C@@H](C)Cn1cnnn1. The van der Waals surface area contributed by atoms with Gasteiger partial charge in [0.15, 0.2) is 0 Å². The third kappa shape index (κ3) is 4.78. The number of rotatable bonds is 8. The molecule has 3 aromatic heterocycles. The molecule has 4 heterocycles. The molecular formula is C26H32N10O. The van der Waals surface area contributed by atoms with Crippen molar-refractivity contribution in [2.45, 2.75) is 52.3 Å². The highest BCUT2D eigenvalue weighted by Crippen LogP contribution is 2.53. The Morgan fingerprint density at radius 2 is 1.92 bits per heavy atom. The van der Waals surface area contributed by atoms with E-state index < -0.39 is 0 Å². The highest BCUT2D eigenvalue weighted by atomic mass is 16.5. The van der Waals surface area contributed by atoms with Crippen LogP contribution in [0, 0.1) is 19.3 Å². The monoisotopic (exact) mass is 500 g/mol. The number of likely N-dealkylation sites (tertiary alicyclic amines) is 1. The Labute approximate surface area is 215 Å². The Hall–Kier alpha value is -3.86. The molecule has 192 valence electrons. The topological polar surface area (TPSA) is 112 Å². The average Bonchev–Trinajstić information content (AvgIpc) is 3.47. The molecule has 0 radical (unpaired) electrons. The summed E-state index contributed by atoms with van der Waals surface area (Å²) in [6.07, 6.45) is 9.66. The highest BCUT2D eigenvalue weighted by molar-refractivity contribution is 5.65. The summed E-state index contributed by atoms with van der Waals surface area (Å²) in [5, 5.41) is 19.4. The number of aromatic nitrogens is 8. The number of ether oxygens (including phenoxy) is 1. The summed E-state index contributed by atoms with van der Waals surface area (Å²) in [6, 6.07) is 6.61. The Morgan fingerprint density at radius 1 is 1.14 bits per heavy atom. The van der Waals surface area contributed by atoms with Crippen molar-refractivity contribution in [1.82, 2.24) is 44.9 Å². The van der Waals surface area contributed by atoms with E-state index in [4.69, 9.17) is 9.84 Å². The first kappa shape index (κ1) is 23.5. The molecule has 1 aliphatic carbocycles. The summed E-state index contributed by atoms with van der Waals surface area (Å²) in [6.45, 7) is 9.04. The highest BCUT2D eigenvalue weighted by Gasteiger charge is 2.51. The van der Waals surface area contributed by atoms with Crippen LogP contribution >= 0.6 is 0 Å². The summed E-state index contributed by atoms with van der Waals surface area (Å²) in [7, 11) is 2.19. The molecule has 1 saturated carbocycles. The maximum absolute atomic E-state index is 6.18. The van der Waals surface area contributed by atoms with Crippen molar-refractivity contribution in [3.8, 4) is 16.9 Å². The molecule has 1 saturated heterocycles. The zero-order valence-electron chi connectivity index (χ0n) is 21.7. The zero-order chi connectivity index (χ0) is 25.6. The Morgan fingerprint density at radius 3 is 2.62 bits per heavy atom. The molecule has 0 unspecified atom stereocenters. The Bertz CT molecular complexity index is 1370. The normalized spacial score (nSPS) is 17.8. The van der Waals surface area contributed by atoms with E-state index in [1.807, 2.05) is 45.3 Å². The molecule has 0 bridgehead atoms. The Kier molecular flexibility index (Phi) is 5.86. The van der Waals surface area contributed by atoms with Gasteiger partial charge in [0, 0.05) is 37.2 Å². The van der Waals surface area contributed by atoms with E-state index in [1.165, 1.54) is 25.9 Å². The largest absolute Gasteiger partial charge is 0.488 e. The number of hydrogen-bond donors (Lipinski definition) is 1. The Balaban J connectivity index is 1.10. The summed E-state index contributed by atoms with van der Waals surface area (Å²) in [4.78, 5) is 11.5. The molecule has 2 aliphatic rings. The lowest BCUT2D eigenvalue weighted by molar-refractivity contribution is -0.0786. The first-order valence-corrected chi connectivity index (χ1v) is 12.7. The molecule has 0 amide bonds. The van der Waals surface area contributed by atoms with Crippen LogP contribution in [-0.2, 0) is 6.54 Å². The van der Waals surface area contributed by atoms with Crippen molar-refractivity contribution in [2.24, 2.45) is 5.41 Å². The van der Waals surface area contributed by atoms with Crippen LogP contribution in [0.5, 0.6) is 5.75 Å². The van der Waals surface area contributed by atoms with Gasteiger partial charge in [-0.05, 0) is 73.7 Å². The summed E-state index contributed by atoms with van der Waals surface area (Å²) in [5.74, 6) is 1.37. The number of anilines is 2. The van der Waals surface area contributed by atoms with Crippen molar-refractivity contribution >= 4 is 11.6 Å².